The monoisotopic (exact) mass is 146 g/mol. The molecule has 0 saturated heterocycles. The fourth-order valence-electron chi connectivity index (χ4n) is 1.17. The largest absolute Gasteiger partial charge is 0.300 e. The molecule has 0 amide bonds. The molecule has 2 atom stereocenters. The van der Waals surface area contributed by atoms with Crippen molar-refractivity contribution in [3.8, 4) is 0 Å². The number of rotatable bonds is 0. The Labute approximate surface area is 60.4 Å². The average molecular weight is 147 g/mol. The summed E-state index contributed by atoms with van der Waals surface area (Å²) in [6.07, 6.45) is 2.26. The molecule has 0 heterocycles. The van der Waals surface area contributed by atoms with Crippen LogP contribution in [0.3, 0.4) is 0 Å². The van der Waals surface area contributed by atoms with Crippen LogP contribution in [0.1, 0.15) is 26.2 Å². The summed E-state index contributed by atoms with van der Waals surface area (Å²) in [6.45, 7) is 2.04. The first-order valence-corrected chi connectivity index (χ1v) is 3.79. The summed E-state index contributed by atoms with van der Waals surface area (Å²) in [6, 6.07) is 0. The third-order valence-electron chi connectivity index (χ3n) is 1.87. The highest BCUT2D eigenvalue weighted by Gasteiger charge is 2.23. The van der Waals surface area contributed by atoms with E-state index in [-0.39, 0.29) is 5.38 Å². The summed E-state index contributed by atoms with van der Waals surface area (Å²) in [7, 11) is 0. The van der Waals surface area contributed by atoms with E-state index >= 15 is 0 Å². The summed E-state index contributed by atoms with van der Waals surface area (Å²) in [5, 5.41) is 0.239. The Morgan fingerprint density at radius 1 is 1.67 bits per heavy atom. The van der Waals surface area contributed by atoms with Crippen molar-refractivity contribution in [2.24, 2.45) is 5.92 Å². The Bertz CT molecular complexity index is 122. The number of hydrogen-bond acceptors (Lipinski definition) is 1. The van der Waals surface area contributed by atoms with Gasteiger partial charge < -0.3 is 0 Å². The molecular weight excluding hydrogens is 136 g/mol. The Balaban J connectivity index is 2.44. The maximum atomic E-state index is 10.8. The Morgan fingerprint density at radius 2 is 2.33 bits per heavy atom. The minimum atomic E-state index is 0.239. The molecule has 52 valence electrons. The summed E-state index contributed by atoms with van der Waals surface area (Å²) >= 11 is 5.88. The highest BCUT2D eigenvalue weighted by atomic mass is 35.5. The van der Waals surface area contributed by atoms with Crippen LogP contribution in [-0.2, 0) is 4.79 Å². The molecule has 1 nitrogen and oxygen atoms in total. The van der Waals surface area contributed by atoms with E-state index in [4.69, 9.17) is 11.6 Å². The molecule has 1 aliphatic carbocycles. The summed E-state index contributed by atoms with van der Waals surface area (Å²) in [5.74, 6) is 0.771. The van der Waals surface area contributed by atoms with Gasteiger partial charge in [-0.3, -0.25) is 4.79 Å². The van der Waals surface area contributed by atoms with Crippen LogP contribution in [0.15, 0.2) is 0 Å². The minimum absolute atomic E-state index is 0.239. The zero-order valence-electron chi connectivity index (χ0n) is 5.56. The molecule has 2 unspecified atom stereocenters. The molecule has 1 rings (SSSR count). The van der Waals surface area contributed by atoms with E-state index in [1.165, 1.54) is 0 Å². The van der Waals surface area contributed by atoms with Crippen LogP contribution >= 0.6 is 11.6 Å². The second kappa shape index (κ2) is 2.70. The molecular formula is C7H11ClO. The molecule has 0 radical (unpaired) electrons. The molecule has 1 aliphatic rings. The first kappa shape index (κ1) is 7.07. The standard InChI is InChI=1S/C7H11ClO/c1-5-4-6(9)2-3-7(5)8/h5,7H,2-4H2,1H3. The van der Waals surface area contributed by atoms with E-state index in [0.717, 1.165) is 6.42 Å². The average Bonchev–Trinajstić information content (AvgIpc) is 1.80. The van der Waals surface area contributed by atoms with Crippen LogP contribution in [0.5, 0.6) is 0 Å². The number of Topliss-reactive ketones (excluding diaryl/α,β-unsaturated/α-hetero) is 1. The fourth-order valence-corrected chi connectivity index (χ4v) is 1.37. The SMILES string of the molecule is CC1CC(=O)CCC1Cl. The summed E-state index contributed by atoms with van der Waals surface area (Å²) in [5.41, 5.74) is 0. The van der Waals surface area contributed by atoms with Gasteiger partial charge in [0.05, 0.1) is 0 Å². The molecule has 0 aliphatic heterocycles. The van der Waals surface area contributed by atoms with Crippen molar-refractivity contribution in [2.75, 3.05) is 0 Å². The van der Waals surface area contributed by atoms with Gasteiger partial charge in [-0.2, -0.15) is 0 Å². The van der Waals surface area contributed by atoms with Crippen LogP contribution in [-0.4, -0.2) is 11.2 Å². The second-order valence-electron chi connectivity index (χ2n) is 2.77. The van der Waals surface area contributed by atoms with Gasteiger partial charge in [0, 0.05) is 18.2 Å². The number of carbonyl (C=O) groups is 1. The fraction of sp³-hybridized carbons (Fsp3) is 0.857. The lowest BCUT2D eigenvalue weighted by Crippen LogP contribution is -2.22. The number of ketones is 1. The molecule has 9 heavy (non-hydrogen) atoms. The van der Waals surface area contributed by atoms with Gasteiger partial charge in [-0.25, -0.2) is 0 Å². The normalized spacial score (nSPS) is 36.9. The highest BCUT2D eigenvalue weighted by Crippen LogP contribution is 2.25. The third-order valence-corrected chi connectivity index (χ3v) is 2.51. The topological polar surface area (TPSA) is 17.1 Å². The number of alkyl halides is 1. The number of halogens is 1. The van der Waals surface area contributed by atoms with Crippen molar-refractivity contribution in [1.29, 1.82) is 0 Å². The van der Waals surface area contributed by atoms with Crippen molar-refractivity contribution in [3.05, 3.63) is 0 Å². The quantitative estimate of drug-likeness (QED) is 0.478. The predicted molar refractivity (Wildman–Crippen MR) is 37.7 cm³/mol. The molecule has 1 fully saturated rings. The lowest BCUT2D eigenvalue weighted by Gasteiger charge is -2.21. The number of carbonyl (C=O) groups excluding carboxylic acids is 1. The molecule has 0 aromatic heterocycles. The highest BCUT2D eigenvalue weighted by molar-refractivity contribution is 6.21. The molecule has 0 spiro atoms. The van der Waals surface area contributed by atoms with Gasteiger partial charge in [-0.1, -0.05) is 6.92 Å². The Morgan fingerprint density at radius 3 is 2.78 bits per heavy atom. The van der Waals surface area contributed by atoms with Gasteiger partial charge in [-0.15, -0.1) is 11.6 Å². The second-order valence-corrected chi connectivity index (χ2v) is 3.34. The first-order valence-electron chi connectivity index (χ1n) is 3.36. The lowest BCUT2D eigenvalue weighted by molar-refractivity contribution is -0.121. The van der Waals surface area contributed by atoms with E-state index in [2.05, 4.69) is 0 Å². The van der Waals surface area contributed by atoms with Crippen molar-refractivity contribution >= 4 is 17.4 Å². The van der Waals surface area contributed by atoms with Crippen LogP contribution in [0, 0.1) is 5.92 Å². The third kappa shape index (κ3) is 1.68. The predicted octanol–water partition coefficient (Wildman–Crippen LogP) is 1.98. The molecule has 0 aromatic rings. The van der Waals surface area contributed by atoms with Gasteiger partial charge in [0.15, 0.2) is 0 Å². The molecule has 0 N–H and O–H groups in total. The zero-order chi connectivity index (χ0) is 6.85. The van der Waals surface area contributed by atoms with Crippen molar-refractivity contribution in [1.82, 2.24) is 0 Å². The Kier molecular flexibility index (Phi) is 2.12. The summed E-state index contributed by atoms with van der Waals surface area (Å²) < 4.78 is 0. The molecule has 2 heteroatoms. The van der Waals surface area contributed by atoms with Crippen molar-refractivity contribution in [2.45, 2.75) is 31.6 Å². The van der Waals surface area contributed by atoms with Crippen LogP contribution in [0.25, 0.3) is 0 Å². The van der Waals surface area contributed by atoms with Crippen LogP contribution < -0.4 is 0 Å². The van der Waals surface area contributed by atoms with Gasteiger partial charge in [0.1, 0.15) is 5.78 Å². The van der Waals surface area contributed by atoms with Gasteiger partial charge in [0.2, 0.25) is 0 Å². The van der Waals surface area contributed by atoms with Crippen molar-refractivity contribution < 1.29 is 4.79 Å². The van der Waals surface area contributed by atoms with E-state index in [9.17, 15) is 4.79 Å². The van der Waals surface area contributed by atoms with E-state index in [1.54, 1.807) is 0 Å². The van der Waals surface area contributed by atoms with Gasteiger partial charge >= 0.3 is 0 Å². The lowest BCUT2D eigenvalue weighted by atomic mass is 9.89. The zero-order valence-corrected chi connectivity index (χ0v) is 6.32. The van der Waals surface area contributed by atoms with Gasteiger partial charge in [-0.05, 0) is 12.3 Å². The van der Waals surface area contributed by atoms with Crippen LogP contribution in [0.2, 0.25) is 0 Å². The smallest absolute Gasteiger partial charge is 0.133 e. The van der Waals surface area contributed by atoms with E-state index in [1.807, 2.05) is 6.92 Å². The van der Waals surface area contributed by atoms with Gasteiger partial charge in [0.25, 0.3) is 0 Å². The summed E-state index contributed by atoms with van der Waals surface area (Å²) in [4.78, 5) is 10.8. The molecule has 0 aromatic carbocycles. The van der Waals surface area contributed by atoms with E-state index < -0.39 is 0 Å². The number of hydrogen-bond donors (Lipinski definition) is 0. The Hall–Kier alpha value is -0.0400. The minimum Gasteiger partial charge on any atom is -0.300 e. The molecule has 1 saturated carbocycles. The molecule has 0 bridgehead atoms. The van der Waals surface area contributed by atoms with Crippen LogP contribution in [0.4, 0.5) is 0 Å². The maximum Gasteiger partial charge on any atom is 0.133 e. The van der Waals surface area contributed by atoms with E-state index in [0.29, 0.717) is 24.5 Å². The first-order chi connectivity index (χ1) is 4.20. The maximum absolute atomic E-state index is 10.8. The van der Waals surface area contributed by atoms with Crippen molar-refractivity contribution in [3.63, 3.8) is 0 Å².